The van der Waals surface area contributed by atoms with E-state index in [1.54, 1.807) is 0 Å². The first-order valence-corrected chi connectivity index (χ1v) is 5.20. The van der Waals surface area contributed by atoms with Gasteiger partial charge in [0.1, 0.15) is 11.5 Å². The lowest BCUT2D eigenvalue weighted by Crippen LogP contribution is -2.09. The molecule has 3 nitrogen and oxygen atoms in total. The molecule has 1 aromatic heterocycles. The molecule has 0 saturated heterocycles. The lowest BCUT2D eigenvalue weighted by atomic mass is 10.3. The summed E-state index contributed by atoms with van der Waals surface area (Å²) in [7, 11) is 4.00. The molecule has 0 aliphatic heterocycles. The third-order valence-corrected chi connectivity index (χ3v) is 2.07. The summed E-state index contributed by atoms with van der Waals surface area (Å²) in [6.07, 6.45) is 0. The monoisotopic (exact) mass is 217 g/mol. The van der Waals surface area contributed by atoms with E-state index in [0.29, 0.717) is 5.95 Å². The van der Waals surface area contributed by atoms with E-state index in [9.17, 15) is 0 Å². The Kier molecular flexibility index (Phi) is 3.27. The van der Waals surface area contributed by atoms with E-state index in [-0.39, 0.29) is 0 Å². The first-order valence-electron chi connectivity index (χ1n) is 5.20. The summed E-state index contributed by atoms with van der Waals surface area (Å²) in [5, 5.41) is 0. The van der Waals surface area contributed by atoms with Crippen LogP contribution in [0.4, 0.5) is 0 Å². The maximum atomic E-state index is 5.56. The topological polar surface area (TPSA) is 25.6 Å². The van der Waals surface area contributed by atoms with Gasteiger partial charge in [0.25, 0.3) is 5.95 Å². The summed E-state index contributed by atoms with van der Waals surface area (Å²) >= 11 is 0. The van der Waals surface area contributed by atoms with E-state index >= 15 is 0 Å². The van der Waals surface area contributed by atoms with Crippen molar-refractivity contribution in [2.45, 2.75) is 6.54 Å². The molecule has 1 aromatic carbocycles. The van der Waals surface area contributed by atoms with Crippen molar-refractivity contribution in [3.05, 3.63) is 48.2 Å². The van der Waals surface area contributed by atoms with Gasteiger partial charge in [-0.25, -0.2) is 0 Å². The van der Waals surface area contributed by atoms with Gasteiger partial charge in [0.05, 0.1) is 6.54 Å². The van der Waals surface area contributed by atoms with Gasteiger partial charge < -0.3 is 14.1 Å². The zero-order valence-corrected chi connectivity index (χ0v) is 9.51. The van der Waals surface area contributed by atoms with E-state index < -0.39 is 0 Å². The number of furan rings is 1. The molecule has 0 spiro atoms. The van der Waals surface area contributed by atoms with Crippen LogP contribution in [0.2, 0.25) is 0 Å². The molecule has 0 atom stereocenters. The molecule has 0 unspecified atom stereocenters. The van der Waals surface area contributed by atoms with Crippen molar-refractivity contribution >= 4 is 0 Å². The second-order valence-corrected chi connectivity index (χ2v) is 3.87. The Morgan fingerprint density at radius 3 is 2.50 bits per heavy atom. The molecule has 0 fully saturated rings. The highest BCUT2D eigenvalue weighted by atomic mass is 16.6. The Labute approximate surface area is 95.3 Å². The lowest BCUT2D eigenvalue weighted by molar-refractivity contribution is 0.298. The van der Waals surface area contributed by atoms with Crippen LogP contribution in [-0.4, -0.2) is 19.0 Å². The van der Waals surface area contributed by atoms with Crippen molar-refractivity contribution in [1.82, 2.24) is 4.90 Å². The molecule has 3 heteroatoms. The minimum absolute atomic E-state index is 0.531. The van der Waals surface area contributed by atoms with Crippen LogP contribution >= 0.6 is 0 Å². The fourth-order valence-electron chi connectivity index (χ4n) is 1.41. The molecule has 0 saturated carbocycles. The molecule has 0 aliphatic rings. The highest BCUT2D eigenvalue weighted by molar-refractivity contribution is 5.26. The maximum absolute atomic E-state index is 5.56. The number of rotatable bonds is 4. The molecule has 16 heavy (non-hydrogen) atoms. The zero-order valence-electron chi connectivity index (χ0n) is 9.51. The smallest absolute Gasteiger partial charge is 0.290 e. The predicted octanol–water partition coefficient (Wildman–Crippen LogP) is 3.13. The van der Waals surface area contributed by atoms with Gasteiger partial charge in [-0.15, -0.1) is 0 Å². The van der Waals surface area contributed by atoms with Crippen molar-refractivity contribution in [2.75, 3.05) is 14.1 Å². The maximum Gasteiger partial charge on any atom is 0.290 e. The summed E-state index contributed by atoms with van der Waals surface area (Å²) < 4.78 is 11.1. The van der Waals surface area contributed by atoms with Crippen molar-refractivity contribution in [3.8, 4) is 11.7 Å². The lowest BCUT2D eigenvalue weighted by Gasteiger charge is -2.05. The molecule has 0 amide bonds. The van der Waals surface area contributed by atoms with Crippen LogP contribution < -0.4 is 4.74 Å². The first-order chi connectivity index (χ1) is 7.74. The Bertz CT molecular complexity index is 434. The average Bonchev–Trinajstić information content (AvgIpc) is 2.66. The third-order valence-electron chi connectivity index (χ3n) is 2.07. The van der Waals surface area contributed by atoms with E-state index in [0.717, 1.165) is 18.1 Å². The van der Waals surface area contributed by atoms with Gasteiger partial charge >= 0.3 is 0 Å². The zero-order chi connectivity index (χ0) is 11.4. The summed E-state index contributed by atoms with van der Waals surface area (Å²) in [4.78, 5) is 2.05. The Hall–Kier alpha value is -1.74. The molecule has 84 valence electrons. The molecular formula is C13H15NO2. The van der Waals surface area contributed by atoms with Gasteiger partial charge in [-0.1, -0.05) is 18.2 Å². The van der Waals surface area contributed by atoms with Crippen LogP contribution in [0.1, 0.15) is 5.76 Å². The predicted molar refractivity (Wildman–Crippen MR) is 62.6 cm³/mol. The number of ether oxygens (including phenoxy) is 1. The second-order valence-electron chi connectivity index (χ2n) is 3.87. The molecule has 0 radical (unpaired) electrons. The van der Waals surface area contributed by atoms with Crippen LogP contribution in [0, 0.1) is 0 Å². The SMILES string of the molecule is CN(C)Cc1ccc(Oc2ccccc2)o1. The van der Waals surface area contributed by atoms with E-state index in [2.05, 4.69) is 0 Å². The van der Waals surface area contributed by atoms with E-state index in [1.165, 1.54) is 0 Å². The normalized spacial score (nSPS) is 10.7. The summed E-state index contributed by atoms with van der Waals surface area (Å²) in [6.45, 7) is 0.776. The number of benzene rings is 1. The van der Waals surface area contributed by atoms with Gasteiger partial charge in [-0.3, -0.25) is 0 Å². The number of nitrogens with zero attached hydrogens (tertiary/aromatic N) is 1. The van der Waals surface area contributed by atoms with Crippen molar-refractivity contribution in [1.29, 1.82) is 0 Å². The van der Waals surface area contributed by atoms with Gasteiger partial charge in [0.2, 0.25) is 0 Å². The fourth-order valence-corrected chi connectivity index (χ4v) is 1.41. The van der Waals surface area contributed by atoms with Crippen LogP contribution in [0.5, 0.6) is 11.7 Å². The molecule has 0 aliphatic carbocycles. The quantitative estimate of drug-likeness (QED) is 0.786. The van der Waals surface area contributed by atoms with Crippen LogP contribution in [0.15, 0.2) is 46.9 Å². The van der Waals surface area contributed by atoms with Crippen LogP contribution in [0.3, 0.4) is 0 Å². The standard InChI is InChI=1S/C13H15NO2/c1-14(2)10-12-8-9-13(16-12)15-11-6-4-3-5-7-11/h3-9H,10H2,1-2H3. The van der Waals surface area contributed by atoms with E-state index in [4.69, 9.17) is 9.15 Å². The fraction of sp³-hybridized carbons (Fsp3) is 0.231. The Balaban J connectivity index is 2.03. The largest absolute Gasteiger partial charge is 0.429 e. The molecule has 0 bridgehead atoms. The van der Waals surface area contributed by atoms with Gasteiger partial charge in [0, 0.05) is 6.07 Å². The van der Waals surface area contributed by atoms with Crippen molar-refractivity contribution in [3.63, 3.8) is 0 Å². The second kappa shape index (κ2) is 4.86. The molecule has 2 aromatic rings. The highest BCUT2D eigenvalue weighted by Crippen LogP contribution is 2.23. The Morgan fingerprint density at radius 1 is 1.06 bits per heavy atom. The Morgan fingerprint density at radius 2 is 1.81 bits per heavy atom. The van der Waals surface area contributed by atoms with Gasteiger partial charge in [-0.05, 0) is 32.3 Å². The number of hydrogen-bond acceptors (Lipinski definition) is 3. The van der Waals surface area contributed by atoms with E-state index in [1.807, 2.05) is 61.5 Å². The first kappa shape index (κ1) is 10.8. The van der Waals surface area contributed by atoms with Crippen LogP contribution in [-0.2, 0) is 6.54 Å². The average molecular weight is 217 g/mol. The van der Waals surface area contributed by atoms with Crippen LogP contribution in [0.25, 0.3) is 0 Å². The number of para-hydroxylation sites is 1. The van der Waals surface area contributed by atoms with Gasteiger partial charge in [-0.2, -0.15) is 0 Å². The molecule has 1 heterocycles. The number of hydrogen-bond donors (Lipinski definition) is 0. The summed E-state index contributed by atoms with van der Waals surface area (Å²) in [5.74, 6) is 2.22. The molecule has 2 rings (SSSR count). The summed E-state index contributed by atoms with van der Waals surface area (Å²) in [5.41, 5.74) is 0. The summed E-state index contributed by atoms with van der Waals surface area (Å²) in [6, 6.07) is 13.4. The minimum atomic E-state index is 0.531. The van der Waals surface area contributed by atoms with Crippen molar-refractivity contribution in [2.24, 2.45) is 0 Å². The molecule has 0 N–H and O–H groups in total. The van der Waals surface area contributed by atoms with Crippen molar-refractivity contribution < 1.29 is 9.15 Å². The highest BCUT2D eigenvalue weighted by Gasteiger charge is 2.04. The third kappa shape index (κ3) is 2.87. The minimum Gasteiger partial charge on any atom is -0.429 e. The molecular weight excluding hydrogens is 202 g/mol. The van der Waals surface area contributed by atoms with Gasteiger partial charge in [0.15, 0.2) is 0 Å².